The van der Waals surface area contributed by atoms with Gasteiger partial charge < -0.3 is 15.4 Å². The van der Waals surface area contributed by atoms with Crippen molar-refractivity contribution < 1.29 is 14.3 Å². The molecule has 0 aliphatic carbocycles. The van der Waals surface area contributed by atoms with E-state index < -0.39 is 6.03 Å². The number of aromatic nitrogens is 1. The fraction of sp³-hybridized carbons (Fsp3) is 0.0952. The number of ether oxygens (including phenoxy) is 1. The van der Waals surface area contributed by atoms with Crippen molar-refractivity contribution in [3.05, 3.63) is 77.1 Å². The van der Waals surface area contributed by atoms with E-state index in [9.17, 15) is 9.59 Å². The largest absolute Gasteiger partial charge is 0.457 e. The van der Waals surface area contributed by atoms with Gasteiger partial charge in [-0.2, -0.15) is 0 Å². The highest BCUT2D eigenvalue weighted by Gasteiger charge is 2.08. The summed E-state index contributed by atoms with van der Waals surface area (Å²) >= 11 is 5.99. The lowest BCUT2D eigenvalue weighted by Gasteiger charge is -2.12. The van der Waals surface area contributed by atoms with Crippen LogP contribution in [0.4, 0.5) is 16.2 Å². The maximum Gasteiger partial charge on any atom is 0.337 e. The average Bonchev–Trinajstić information content (AvgIpc) is 2.75. The van der Waals surface area contributed by atoms with Crippen molar-refractivity contribution in [2.45, 2.75) is 6.92 Å². The van der Waals surface area contributed by atoms with Gasteiger partial charge in [-0.3, -0.25) is 20.6 Å². The second-order valence-electron chi connectivity index (χ2n) is 6.25. The fourth-order valence-corrected chi connectivity index (χ4v) is 2.63. The molecule has 0 spiro atoms. The lowest BCUT2D eigenvalue weighted by atomic mass is 10.2. The molecule has 1 aromatic heterocycles. The normalized spacial score (nSPS) is 10.1. The molecule has 8 nitrogen and oxygen atoms in total. The highest BCUT2D eigenvalue weighted by atomic mass is 35.5. The van der Waals surface area contributed by atoms with Gasteiger partial charge in [0.25, 0.3) is 5.91 Å². The number of hydrazine groups is 1. The minimum Gasteiger partial charge on any atom is -0.457 e. The first-order valence-electron chi connectivity index (χ1n) is 9.00. The fourth-order valence-electron chi connectivity index (χ4n) is 2.51. The Morgan fingerprint density at radius 2 is 1.80 bits per heavy atom. The van der Waals surface area contributed by atoms with Gasteiger partial charge in [-0.05, 0) is 48.9 Å². The molecular formula is C21H20ClN5O3. The number of benzene rings is 2. The van der Waals surface area contributed by atoms with Crippen LogP contribution < -0.4 is 26.2 Å². The van der Waals surface area contributed by atoms with E-state index >= 15 is 0 Å². The highest BCUT2D eigenvalue weighted by molar-refractivity contribution is 6.31. The quantitative estimate of drug-likeness (QED) is 0.440. The van der Waals surface area contributed by atoms with Crippen LogP contribution in [0.25, 0.3) is 0 Å². The van der Waals surface area contributed by atoms with Crippen LogP contribution in [-0.4, -0.2) is 24.0 Å². The summed E-state index contributed by atoms with van der Waals surface area (Å²) in [6, 6.07) is 14.9. The number of amides is 3. The number of carbonyl (C=O) groups is 2. The number of nitrogens with one attached hydrogen (secondary N) is 4. The van der Waals surface area contributed by atoms with Crippen molar-refractivity contribution in [3.8, 4) is 11.5 Å². The topological polar surface area (TPSA) is 104 Å². The Bertz CT molecular complexity index is 1070. The molecule has 0 atom stereocenters. The van der Waals surface area contributed by atoms with Crippen molar-refractivity contribution in [1.29, 1.82) is 0 Å². The van der Waals surface area contributed by atoms with Crippen LogP contribution in [0.15, 0.2) is 60.8 Å². The van der Waals surface area contributed by atoms with Crippen LogP contribution in [0.1, 0.15) is 16.1 Å². The summed E-state index contributed by atoms with van der Waals surface area (Å²) in [7, 11) is 1.53. The van der Waals surface area contributed by atoms with Crippen LogP contribution in [0.2, 0.25) is 5.02 Å². The first-order valence-corrected chi connectivity index (χ1v) is 9.37. The van der Waals surface area contributed by atoms with E-state index in [2.05, 4.69) is 26.5 Å². The summed E-state index contributed by atoms with van der Waals surface area (Å²) in [5.74, 6) is 0.677. The molecule has 0 fully saturated rings. The zero-order chi connectivity index (χ0) is 21.5. The Labute approximate surface area is 178 Å². The summed E-state index contributed by atoms with van der Waals surface area (Å²) in [4.78, 5) is 27.8. The molecular weight excluding hydrogens is 406 g/mol. The van der Waals surface area contributed by atoms with Gasteiger partial charge in [-0.1, -0.05) is 17.7 Å². The number of rotatable bonds is 6. The Balaban J connectivity index is 1.59. The number of halogens is 1. The van der Waals surface area contributed by atoms with E-state index in [0.29, 0.717) is 27.9 Å². The van der Waals surface area contributed by atoms with E-state index in [1.807, 2.05) is 6.92 Å². The molecule has 154 valence electrons. The maximum absolute atomic E-state index is 12.1. The molecule has 3 rings (SSSR count). The lowest BCUT2D eigenvalue weighted by molar-refractivity contribution is 0.0958. The summed E-state index contributed by atoms with van der Waals surface area (Å²) < 4.78 is 5.78. The number of aryl methyl sites for hydroxylation is 1. The molecule has 0 aliphatic heterocycles. The number of anilines is 2. The van der Waals surface area contributed by atoms with Gasteiger partial charge in [0.15, 0.2) is 0 Å². The van der Waals surface area contributed by atoms with Gasteiger partial charge in [0.2, 0.25) is 0 Å². The molecule has 4 N–H and O–H groups in total. The molecule has 0 unspecified atom stereocenters. The van der Waals surface area contributed by atoms with Crippen molar-refractivity contribution in [3.63, 3.8) is 0 Å². The van der Waals surface area contributed by atoms with Gasteiger partial charge >= 0.3 is 6.03 Å². The van der Waals surface area contributed by atoms with Gasteiger partial charge in [0.1, 0.15) is 17.2 Å². The molecule has 0 saturated carbocycles. The number of carbonyl (C=O) groups excluding carboxylic acids is 2. The third-order valence-electron chi connectivity index (χ3n) is 4.00. The molecule has 0 saturated heterocycles. The number of pyridine rings is 1. The monoisotopic (exact) mass is 425 g/mol. The standard InChI is InChI=1S/C21H20ClN5O3/c1-13-10-14(6-7-18(13)22)25-21(29)27-26-15-4-3-5-16(11-15)30-17-8-9-24-19(12-17)20(28)23-2/h3-12,26H,1-2H3,(H,23,28)(H2,25,27,29). The summed E-state index contributed by atoms with van der Waals surface area (Å²) in [5, 5.41) is 5.85. The molecule has 0 bridgehead atoms. The van der Waals surface area contributed by atoms with Crippen LogP contribution in [0.3, 0.4) is 0 Å². The molecule has 3 amide bonds. The van der Waals surface area contributed by atoms with Gasteiger partial charge in [0, 0.05) is 36.1 Å². The average molecular weight is 426 g/mol. The van der Waals surface area contributed by atoms with Crippen LogP contribution in [0, 0.1) is 6.92 Å². The molecule has 0 radical (unpaired) electrons. The predicted octanol–water partition coefficient (Wildman–Crippen LogP) is 4.34. The van der Waals surface area contributed by atoms with E-state index in [4.69, 9.17) is 16.3 Å². The van der Waals surface area contributed by atoms with Gasteiger partial charge in [-0.25, -0.2) is 4.79 Å². The molecule has 3 aromatic rings. The Hall–Kier alpha value is -3.78. The number of nitrogens with zero attached hydrogens (tertiary/aromatic N) is 1. The third-order valence-corrected chi connectivity index (χ3v) is 4.42. The minimum atomic E-state index is -0.438. The Morgan fingerprint density at radius 3 is 2.57 bits per heavy atom. The van der Waals surface area contributed by atoms with Crippen molar-refractivity contribution in [2.75, 3.05) is 17.8 Å². The molecule has 9 heteroatoms. The smallest absolute Gasteiger partial charge is 0.337 e. The number of hydrogen-bond acceptors (Lipinski definition) is 5. The zero-order valence-electron chi connectivity index (χ0n) is 16.3. The first-order chi connectivity index (χ1) is 14.4. The third kappa shape index (κ3) is 5.62. The van der Waals surface area contributed by atoms with Gasteiger partial charge in [0.05, 0.1) is 5.69 Å². The second kappa shape index (κ2) is 9.62. The van der Waals surface area contributed by atoms with Crippen LogP contribution in [0.5, 0.6) is 11.5 Å². The van der Waals surface area contributed by atoms with E-state index in [1.165, 1.54) is 13.2 Å². The Kier molecular flexibility index (Phi) is 6.71. The Morgan fingerprint density at radius 1 is 1.00 bits per heavy atom. The minimum absolute atomic E-state index is 0.250. The SMILES string of the molecule is CNC(=O)c1cc(Oc2cccc(NNC(=O)Nc3ccc(Cl)c(C)c3)c2)ccn1. The highest BCUT2D eigenvalue weighted by Crippen LogP contribution is 2.24. The van der Waals surface area contributed by atoms with Crippen molar-refractivity contribution in [2.24, 2.45) is 0 Å². The van der Waals surface area contributed by atoms with Crippen LogP contribution in [-0.2, 0) is 0 Å². The zero-order valence-corrected chi connectivity index (χ0v) is 17.1. The summed E-state index contributed by atoms with van der Waals surface area (Å²) in [6.45, 7) is 1.86. The molecule has 2 aromatic carbocycles. The lowest BCUT2D eigenvalue weighted by Crippen LogP contribution is -2.33. The molecule has 30 heavy (non-hydrogen) atoms. The van der Waals surface area contributed by atoms with Gasteiger partial charge in [-0.15, -0.1) is 0 Å². The predicted molar refractivity (Wildman–Crippen MR) is 116 cm³/mol. The van der Waals surface area contributed by atoms with Crippen LogP contribution >= 0.6 is 11.6 Å². The van der Waals surface area contributed by atoms with E-state index in [-0.39, 0.29) is 11.6 Å². The molecule has 1 heterocycles. The van der Waals surface area contributed by atoms with E-state index in [0.717, 1.165) is 5.56 Å². The van der Waals surface area contributed by atoms with E-state index in [1.54, 1.807) is 54.6 Å². The number of urea groups is 1. The number of hydrogen-bond donors (Lipinski definition) is 4. The summed E-state index contributed by atoms with van der Waals surface area (Å²) in [5.41, 5.74) is 7.71. The molecule has 0 aliphatic rings. The first kappa shape index (κ1) is 20.9. The second-order valence-corrected chi connectivity index (χ2v) is 6.66. The van der Waals surface area contributed by atoms with Crippen molar-refractivity contribution in [1.82, 2.24) is 15.7 Å². The maximum atomic E-state index is 12.1. The van der Waals surface area contributed by atoms with Crippen molar-refractivity contribution >= 4 is 34.9 Å². The summed E-state index contributed by atoms with van der Waals surface area (Å²) in [6.07, 6.45) is 1.49.